The first kappa shape index (κ1) is 12.8. The van der Waals surface area contributed by atoms with Crippen molar-refractivity contribution in [2.75, 3.05) is 6.61 Å². The maximum atomic E-state index is 12.0. The van der Waals surface area contributed by atoms with Crippen LogP contribution in [0.3, 0.4) is 0 Å². The predicted octanol–water partition coefficient (Wildman–Crippen LogP) is 3.68. The SMILES string of the molecule is O=C(OCC1c2ccccc2-c2ccccc21)n1ccnc1. The molecule has 0 aliphatic heterocycles. The van der Waals surface area contributed by atoms with Crippen molar-refractivity contribution >= 4 is 6.09 Å². The van der Waals surface area contributed by atoms with E-state index in [1.54, 1.807) is 12.4 Å². The Kier molecular flexibility index (Phi) is 3.00. The third-order valence-electron chi connectivity index (χ3n) is 4.05. The minimum Gasteiger partial charge on any atom is -0.448 e. The first-order valence-corrected chi connectivity index (χ1v) is 7.18. The second kappa shape index (κ2) is 5.15. The lowest BCUT2D eigenvalue weighted by molar-refractivity contribution is 0.144. The number of nitrogens with zero attached hydrogens (tertiary/aromatic N) is 2. The van der Waals surface area contributed by atoms with E-state index in [1.807, 2.05) is 24.3 Å². The smallest absolute Gasteiger partial charge is 0.419 e. The van der Waals surface area contributed by atoms with Crippen LogP contribution in [0.15, 0.2) is 67.3 Å². The molecule has 0 amide bonds. The van der Waals surface area contributed by atoms with Gasteiger partial charge < -0.3 is 4.74 Å². The highest BCUT2D eigenvalue weighted by Crippen LogP contribution is 2.44. The average molecular weight is 290 g/mol. The summed E-state index contributed by atoms with van der Waals surface area (Å²) in [5.41, 5.74) is 4.87. The summed E-state index contributed by atoms with van der Waals surface area (Å²) in [6, 6.07) is 16.6. The lowest BCUT2D eigenvalue weighted by Crippen LogP contribution is -2.16. The molecule has 0 bridgehead atoms. The molecule has 4 rings (SSSR count). The molecule has 108 valence electrons. The molecule has 1 aliphatic rings. The summed E-state index contributed by atoms with van der Waals surface area (Å²) in [6.07, 6.45) is 4.18. The summed E-state index contributed by atoms with van der Waals surface area (Å²) < 4.78 is 6.81. The van der Waals surface area contributed by atoms with Crippen LogP contribution in [-0.4, -0.2) is 22.3 Å². The van der Waals surface area contributed by atoms with Crippen molar-refractivity contribution in [1.82, 2.24) is 9.55 Å². The molecule has 0 saturated carbocycles. The molecule has 0 saturated heterocycles. The first-order chi connectivity index (χ1) is 10.8. The third kappa shape index (κ3) is 2.00. The fourth-order valence-electron chi connectivity index (χ4n) is 3.04. The van der Waals surface area contributed by atoms with Crippen molar-refractivity contribution in [1.29, 1.82) is 0 Å². The molecule has 0 spiro atoms. The summed E-state index contributed by atoms with van der Waals surface area (Å²) in [7, 11) is 0. The zero-order valence-electron chi connectivity index (χ0n) is 11.8. The lowest BCUT2D eigenvalue weighted by Gasteiger charge is -2.14. The monoisotopic (exact) mass is 290 g/mol. The van der Waals surface area contributed by atoms with Gasteiger partial charge in [0.1, 0.15) is 12.9 Å². The van der Waals surface area contributed by atoms with Crippen LogP contribution in [0.2, 0.25) is 0 Å². The van der Waals surface area contributed by atoms with E-state index in [4.69, 9.17) is 4.74 Å². The molecule has 4 heteroatoms. The topological polar surface area (TPSA) is 44.1 Å². The molecule has 0 radical (unpaired) electrons. The number of hydrogen-bond acceptors (Lipinski definition) is 3. The van der Waals surface area contributed by atoms with E-state index >= 15 is 0 Å². The number of carbonyl (C=O) groups excluding carboxylic acids is 1. The zero-order chi connectivity index (χ0) is 14.9. The van der Waals surface area contributed by atoms with Crippen LogP contribution < -0.4 is 0 Å². The Hall–Kier alpha value is -2.88. The van der Waals surface area contributed by atoms with E-state index in [1.165, 1.54) is 33.1 Å². The summed E-state index contributed by atoms with van der Waals surface area (Å²) in [4.78, 5) is 15.8. The van der Waals surface area contributed by atoms with E-state index in [0.717, 1.165) is 0 Å². The number of hydrogen-bond donors (Lipinski definition) is 0. The summed E-state index contributed by atoms with van der Waals surface area (Å²) >= 11 is 0. The van der Waals surface area contributed by atoms with Crippen LogP contribution in [0.4, 0.5) is 4.79 Å². The summed E-state index contributed by atoms with van der Waals surface area (Å²) in [5, 5.41) is 0. The number of rotatable bonds is 2. The molecule has 4 nitrogen and oxygen atoms in total. The van der Waals surface area contributed by atoms with Gasteiger partial charge in [-0.25, -0.2) is 14.3 Å². The standard InChI is InChI=1S/C18H14N2O2/c21-18(20-10-9-19-12-20)22-11-17-15-7-3-1-5-13(15)14-6-2-4-8-16(14)17/h1-10,12,17H,11H2. The van der Waals surface area contributed by atoms with Gasteiger partial charge >= 0.3 is 6.09 Å². The summed E-state index contributed by atoms with van der Waals surface area (Å²) in [5.74, 6) is 0.0832. The molecule has 0 atom stereocenters. The Morgan fingerprint density at radius 3 is 2.27 bits per heavy atom. The minimum atomic E-state index is -0.403. The van der Waals surface area contributed by atoms with E-state index in [2.05, 4.69) is 29.2 Å². The average Bonchev–Trinajstić information content (AvgIpc) is 3.20. The van der Waals surface area contributed by atoms with E-state index < -0.39 is 6.09 Å². The zero-order valence-corrected chi connectivity index (χ0v) is 11.8. The van der Waals surface area contributed by atoms with Crippen molar-refractivity contribution in [2.45, 2.75) is 5.92 Å². The number of ether oxygens (including phenoxy) is 1. The van der Waals surface area contributed by atoms with Crippen LogP contribution in [0.1, 0.15) is 17.0 Å². The second-order valence-electron chi connectivity index (χ2n) is 5.27. The molecule has 3 aromatic rings. The second-order valence-corrected chi connectivity index (χ2v) is 5.27. The van der Waals surface area contributed by atoms with Gasteiger partial charge in [-0.3, -0.25) is 0 Å². The van der Waals surface area contributed by atoms with Crippen LogP contribution >= 0.6 is 0 Å². The molecule has 2 aromatic carbocycles. The molecule has 0 unspecified atom stereocenters. The van der Waals surface area contributed by atoms with Gasteiger partial charge in [0, 0.05) is 18.3 Å². The largest absolute Gasteiger partial charge is 0.448 e. The Labute approximate surface area is 128 Å². The van der Waals surface area contributed by atoms with Crippen molar-refractivity contribution in [3.63, 3.8) is 0 Å². The fraction of sp³-hybridized carbons (Fsp3) is 0.111. The van der Waals surface area contributed by atoms with E-state index in [0.29, 0.717) is 6.61 Å². The molecular weight excluding hydrogens is 276 g/mol. The van der Waals surface area contributed by atoms with Crippen molar-refractivity contribution in [3.05, 3.63) is 78.4 Å². The van der Waals surface area contributed by atoms with E-state index in [-0.39, 0.29) is 5.92 Å². The van der Waals surface area contributed by atoms with Crippen molar-refractivity contribution < 1.29 is 9.53 Å². The Morgan fingerprint density at radius 1 is 1.05 bits per heavy atom. The Bertz CT molecular complexity index is 779. The van der Waals surface area contributed by atoms with Crippen molar-refractivity contribution in [2.24, 2.45) is 0 Å². The van der Waals surface area contributed by atoms with Gasteiger partial charge in [-0.2, -0.15) is 0 Å². The highest BCUT2D eigenvalue weighted by Gasteiger charge is 2.29. The maximum Gasteiger partial charge on any atom is 0.419 e. The van der Waals surface area contributed by atoms with Gasteiger partial charge in [-0.15, -0.1) is 0 Å². The van der Waals surface area contributed by atoms with Crippen LogP contribution in [0.25, 0.3) is 11.1 Å². The number of aromatic nitrogens is 2. The van der Waals surface area contributed by atoms with Gasteiger partial charge in [-0.05, 0) is 22.3 Å². The van der Waals surface area contributed by atoms with Gasteiger partial charge in [0.25, 0.3) is 0 Å². The normalized spacial score (nSPS) is 12.7. The van der Waals surface area contributed by atoms with E-state index in [9.17, 15) is 4.79 Å². The lowest BCUT2D eigenvalue weighted by atomic mass is 9.98. The number of fused-ring (bicyclic) bond motifs is 3. The van der Waals surface area contributed by atoms with Gasteiger partial charge in [0.15, 0.2) is 0 Å². The van der Waals surface area contributed by atoms with Gasteiger partial charge in [0.05, 0.1) is 0 Å². The van der Waals surface area contributed by atoms with Crippen LogP contribution in [0, 0.1) is 0 Å². The van der Waals surface area contributed by atoms with Crippen molar-refractivity contribution in [3.8, 4) is 11.1 Å². The Balaban J connectivity index is 1.63. The molecule has 0 fully saturated rings. The number of benzene rings is 2. The minimum absolute atomic E-state index is 0.0832. The highest BCUT2D eigenvalue weighted by molar-refractivity contribution is 5.79. The summed E-state index contributed by atoms with van der Waals surface area (Å²) in [6.45, 7) is 0.324. The molecule has 0 N–H and O–H groups in total. The van der Waals surface area contributed by atoms with Crippen LogP contribution in [-0.2, 0) is 4.74 Å². The molecule has 22 heavy (non-hydrogen) atoms. The first-order valence-electron chi connectivity index (χ1n) is 7.18. The van der Waals surface area contributed by atoms with Crippen LogP contribution in [0.5, 0.6) is 0 Å². The molecular formula is C18H14N2O2. The third-order valence-corrected chi connectivity index (χ3v) is 4.05. The highest BCUT2D eigenvalue weighted by atomic mass is 16.5. The molecule has 1 aliphatic carbocycles. The fourth-order valence-corrected chi connectivity index (χ4v) is 3.04. The maximum absolute atomic E-state index is 12.0. The molecule has 1 heterocycles. The quantitative estimate of drug-likeness (QED) is 0.723. The Morgan fingerprint density at radius 2 is 1.68 bits per heavy atom. The van der Waals surface area contributed by atoms with Gasteiger partial charge in [-0.1, -0.05) is 48.5 Å². The predicted molar refractivity (Wildman–Crippen MR) is 82.7 cm³/mol. The molecule has 1 aromatic heterocycles. The van der Waals surface area contributed by atoms with Gasteiger partial charge in [0.2, 0.25) is 0 Å². The number of imidazole rings is 1. The number of carbonyl (C=O) groups is 1.